The van der Waals surface area contributed by atoms with Crippen molar-refractivity contribution in [2.75, 3.05) is 0 Å². The third kappa shape index (κ3) is 4.88. The molecule has 5 heteroatoms. The lowest BCUT2D eigenvalue weighted by molar-refractivity contribution is 1.24. The molecule has 88 valence electrons. The molecule has 1 aromatic rings. The van der Waals surface area contributed by atoms with Crippen molar-refractivity contribution in [2.24, 2.45) is 10.7 Å². The van der Waals surface area contributed by atoms with Gasteiger partial charge in [0.2, 0.25) is 0 Å². The van der Waals surface area contributed by atoms with Gasteiger partial charge in [-0.15, -0.1) is 12.4 Å². The normalized spacial score (nSPS) is 11.6. The summed E-state index contributed by atoms with van der Waals surface area (Å²) in [6.45, 7) is 1.95. The summed E-state index contributed by atoms with van der Waals surface area (Å²) in [5, 5.41) is 1.08. The Morgan fingerprint density at radius 3 is 2.62 bits per heavy atom. The summed E-state index contributed by atoms with van der Waals surface area (Å²) in [6.07, 6.45) is 4.22. The van der Waals surface area contributed by atoms with Crippen molar-refractivity contribution >= 4 is 47.5 Å². The lowest BCUT2D eigenvalue weighted by Gasteiger charge is -1.96. The van der Waals surface area contributed by atoms with Gasteiger partial charge in [0.05, 0.1) is 15.9 Å². The minimum Gasteiger partial charge on any atom is -0.387 e. The lowest BCUT2D eigenvalue weighted by Crippen LogP contribution is -2.08. The van der Waals surface area contributed by atoms with Gasteiger partial charge in [-0.05, 0) is 23.8 Å². The van der Waals surface area contributed by atoms with Crippen molar-refractivity contribution in [3.63, 3.8) is 0 Å². The van der Waals surface area contributed by atoms with Gasteiger partial charge in [0.1, 0.15) is 0 Å². The summed E-state index contributed by atoms with van der Waals surface area (Å²) < 4.78 is 0. The molecule has 0 heterocycles. The summed E-state index contributed by atoms with van der Waals surface area (Å²) >= 11 is 11.6. The summed E-state index contributed by atoms with van der Waals surface area (Å²) in [5.41, 5.74) is 6.48. The Morgan fingerprint density at radius 1 is 1.38 bits per heavy atom. The van der Waals surface area contributed by atoms with Gasteiger partial charge in [-0.3, -0.25) is 0 Å². The van der Waals surface area contributed by atoms with E-state index < -0.39 is 0 Å². The monoisotopic (exact) mass is 278 g/mol. The number of amidine groups is 1. The molecule has 1 aromatic carbocycles. The largest absolute Gasteiger partial charge is 0.387 e. The average Bonchev–Trinajstić information content (AvgIpc) is 2.23. The second-order valence-electron chi connectivity index (χ2n) is 2.96. The fraction of sp³-hybridized carbons (Fsp3) is 0.182. The van der Waals surface area contributed by atoms with Crippen molar-refractivity contribution in [1.29, 1.82) is 0 Å². The molecule has 0 saturated heterocycles. The lowest BCUT2D eigenvalue weighted by atomic mass is 10.2. The molecule has 1 rings (SSSR count). The number of hydrogen-bond donors (Lipinski definition) is 1. The Labute approximate surface area is 112 Å². The van der Waals surface area contributed by atoms with Crippen molar-refractivity contribution < 1.29 is 0 Å². The molecular weight excluding hydrogens is 266 g/mol. The average molecular weight is 280 g/mol. The number of hydrogen-bond acceptors (Lipinski definition) is 1. The fourth-order valence-corrected chi connectivity index (χ4v) is 1.23. The van der Waals surface area contributed by atoms with E-state index in [1.54, 1.807) is 18.3 Å². The Morgan fingerprint density at radius 2 is 2.06 bits per heavy atom. The van der Waals surface area contributed by atoms with Crippen LogP contribution in [0.2, 0.25) is 10.0 Å². The van der Waals surface area contributed by atoms with Gasteiger partial charge in [-0.1, -0.05) is 36.2 Å². The zero-order valence-corrected chi connectivity index (χ0v) is 11.1. The molecule has 2 N–H and O–H groups in total. The molecule has 0 aliphatic rings. The van der Waals surface area contributed by atoms with Gasteiger partial charge in [0.25, 0.3) is 0 Å². The van der Waals surface area contributed by atoms with E-state index in [1.165, 1.54) is 0 Å². The Hall–Kier alpha value is -0.700. The maximum Gasteiger partial charge on any atom is 0.0986 e. The maximum absolute atomic E-state index is 5.86. The zero-order chi connectivity index (χ0) is 11.3. The Balaban J connectivity index is 0.00000225. The number of aliphatic imine (C=N–C) groups is 1. The molecule has 0 unspecified atom stereocenters. The van der Waals surface area contributed by atoms with E-state index in [0.29, 0.717) is 15.9 Å². The number of halogens is 3. The van der Waals surface area contributed by atoms with Crippen LogP contribution < -0.4 is 5.73 Å². The summed E-state index contributed by atoms with van der Waals surface area (Å²) in [5.74, 6) is 0.603. The second kappa shape index (κ2) is 7.55. The minimum atomic E-state index is 0. The summed E-state index contributed by atoms with van der Waals surface area (Å²) in [6, 6.07) is 5.39. The van der Waals surface area contributed by atoms with E-state index in [1.807, 2.05) is 19.1 Å². The van der Waals surface area contributed by atoms with Gasteiger partial charge in [-0.2, -0.15) is 0 Å². The third-order valence-electron chi connectivity index (χ3n) is 1.81. The Bertz CT molecular complexity index is 400. The Kier molecular flexibility index (Phi) is 7.22. The van der Waals surface area contributed by atoms with Crippen molar-refractivity contribution in [3.05, 3.63) is 40.0 Å². The molecule has 0 fully saturated rings. The predicted molar refractivity (Wildman–Crippen MR) is 74.7 cm³/mol. The minimum absolute atomic E-state index is 0. The fourth-order valence-electron chi connectivity index (χ4n) is 0.926. The van der Waals surface area contributed by atoms with Gasteiger partial charge in [-0.25, -0.2) is 4.99 Å². The van der Waals surface area contributed by atoms with Crippen LogP contribution in [0.3, 0.4) is 0 Å². The number of nitrogens with zero attached hydrogens (tertiary/aromatic N) is 1. The highest BCUT2D eigenvalue weighted by Gasteiger charge is 1.95. The van der Waals surface area contributed by atoms with Crippen LogP contribution >= 0.6 is 35.6 Å². The first kappa shape index (κ1) is 15.3. The van der Waals surface area contributed by atoms with E-state index in [4.69, 9.17) is 28.9 Å². The number of benzene rings is 1. The molecular formula is C11H13Cl3N2. The SMILES string of the molecule is CCC(N)=NC=Cc1ccc(Cl)c(Cl)c1.Cl. The smallest absolute Gasteiger partial charge is 0.0986 e. The van der Waals surface area contributed by atoms with Crippen LogP contribution in [0.15, 0.2) is 29.4 Å². The first-order chi connectivity index (χ1) is 7.13. The molecule has 0 aromatic heterocycles. The standard InChI is InChI=1S/C11H12Cl2N2.ClH/c1-2-11(14)15-6-5-8-3-4-9(12)10(13)7-8;/h3-7H,2H2,1H3,(H2,14,15);1H. The highest BCUT2D eigenvalue weighted by Crippen LogP contribution is 2.23. The third-order valence-corrected chi connectivity index (χ3v) is 2.55. The van der Waals surface area contributed by atoms with Crippen molar-refractivity contribution in [1.82, 2.24) is 0 Å². The topological polar surface area (TPSA) is 38.4 Å². The molecule has 0 amide bonds. The number of rotatable bonds is 3. The van der Waals surface area contributed by atoms with Crippen LogP contribution in [0.5, 0.6) is 0 Å². The van der Waals surface area contributed by atoms with Crippen LogP contribution in [0, 0.1) is 0 Å². The maximum atomic E-state index is 5.86. The molecule has 0 aliphatic heterocycles. The van der Waals surface area contributed by atoms with Crippen LogP contribution in [0.25, 0.3) is 6.08 Å². The van der Waals surface area contributed by atoms with Crippen LogP contribution in [-0.4, -0.2) is 5.84 Å². The van der Waals surface area contributed by atoms with Gasteiger partial charge in [0.15, 0.2) is 0 Å². The van der Waals surface area contributed by atoms with Crippen LogP contribution in [0.1, 0.15) is 18.9 Å². The molecule has 0 spiro atoms. The van der Waals surface area contributed by atoms with E-state index in [9.17, 15) is 0 Å². The predicted octanol–water partition coefficient (Wildman–Crippen LogP) is 4.15. The van der Waals surface area contributed by atoms with Crippen LogP contribution in [0.4, 0.5) is 0 Å². The second-order valence-corrected chi connectivity index (χ2v) is 3.78. The first-order valence-corrected chi connectivity index (χ1v) is 5.33. The molecule has 2 nitrogen and oxygen atoms in total. The van der Waals surface area contributed by atoms with Gasteiger partial charge >= 0.3 is 0 Å². The highest BCUT2D eigenvalue weighted by molar-refractivity contribution is 6.42. The molecule has 0 radical (unpaired) electrons. The first-order valence-electron chi connectivity index (χ1n) is 4.57. The summed E-state index contributed by atoms with van der Waals surface area (Å²) in [7, 11) is 0. The number of nitrogens with two attached hydrogens (primary N) is 1. The van der Waals surface area contributed by atoms with Gasteiger partial charge in [0, 0.05) is 12.6 Å². The van der Waals surface area contributed by atoms with Crippen molar-refractivity contribution in [2.45, 2.75) is 13.3 Å². The van der Waals surface area contributed by atoms with E-state index >= 15 is 0 Å². The molecule has 0 bridgehead atoms. The van der Waals surface area contributed by atoms with Crippen LogP contribution in [-0.2, 0) is 0 Å². The highest BCUT2D eigenvalue weighted by atomic mass is 35.5. The van der Waals surface area contributed by atoms with Crippen molar-refractivity contribution in [3.8, 4) is 0 Å². The van der Waals surface area contributed by atoms with E-state index in [2.05, 4.69) is 4.99 Å². The molecule has 0 atom stereocenters. The molecule has 16 heavy (non-hydrogen) atoms. The summed E-state index contributed by atoms with van der Waals surface area (Å²) in [4.78, 5) is 4.03. The zero-order valence-electron chi connectivity index (χ0n) is 8.78. The van der Waals surface area contributed by atoms with E-state index in [0.717, 1.165) is 12.0 Å². The quantitative estimate of drug-likeness (QED) is 0.655. The molecule has 0 saturated carbocycles. The van der Waals surface area contributed by atoms with Gasteiger partial charge < -0.3 is 5.73 Å². The molecule has 0 aliphatic carbocycles. The van der Waals surface area contributed by atoms with E-state index in [-0.39, 0.29) is 12.4 Å².